The van der Waals surface area contributed by atoms with E-state index in [1.165, 1.54) is 51.4 Å². The largest absolute Gasteiger partial charge is 0.544 e. The van der Waals surface area contributed by atoms with Crippen LogP contribution in [-0.4, -0.2) is 35.9 Å². The molecule has 0 fully saturated rings. The van der Waals surface area contributed by atoms with Gasteiger partial charge in [0.25, 0.3) is 0 Å². The molecule has 0 amide bonds. The summed E-state index contributed by atoms with van der Waals surface area (Å²) >= 11 is 0. The molecule has 5 nitrogen and oxygen atoms in total. The Balaban J connectivity index is 2.14. The van der Waals surface area contributed by atoms with Gasteiger partial charge in [-0.15, -0.1) is 6.58 Å². The second-order valence-corrected chi connectivity index (χ2v) is 6.93. The molecule has 2 N–H and O–H groups in total. The molecule has 5 heteroatoms. The van der Waals surface area contributed by atoms with Crippen LogP contribution in [0.2, 0.25) is 0 Å². The first kappa shape index (κ1) is 21.6. The molecule has 0 aromatic rings. The zero-order valence-electron chi connectivity index (χ0n) is 15.6. The molecule has 0 aromatic carbocycles. The predicted octanol–water partition coefficient (Wildman–Crippen LogP) is 2.87. The molecule has 0 radical (unpaired) electrons. The van der Waals surface area contributed by atoms with Crippen molar-refractivity contribution in [2.75, 3.05) is 19.6 Å². The van der Waals surface area contributed by atoms with Crippen molar-refractivity contribution in [2.45, 2.75) is 70.6 Å². The Morgan fingerprint density at radius 3 is 2.28 bits per heavy atom. The molecule has 25 heavy (non-hydrogen) atoms. The first-order valence-electron chi connectivity index (χ1n) is 9.77. The Morgan fingerprint density at radius 1 is 1.12 bits per heavy atom. The number of amidine groups is 1. The number of hydrogen-bond acceptors (Lipinski definition) is 4. The molecular weight excluding hydrogens is 314 g/mol. The monoisotopic (exact) mass is 349 g/mol. The number of carbonyl (C=O) groups is 1. The van der Waals surface area contributed by atoms with Crippen LogP contribution in [0.5, 0.6) is 0 Å². The van der Waals surface area contributed by atoms with Crippen molar-refractivity contribution in [2.24, 2.45) is 10.7 Å². The Bertz CT molecular complexity index is 460. The van der Waals surface area contributed by atoms with Gasteiger partial charge in [0.1, 0.15) is 19.3 Å². The molecule has 1 aliphatic rings. The van der Waals surface area contributed by atoms with Gasteiger partial charge in [-0.2, -0.15) is 0 Å². The number of carbonyl (C=O) groups excluding carboxylic acids is 1. The third-order valence-corrected chi connectivity index (χ3v) is 4.84. The molecule has 1 atom stereocenters. The maximum absolute atomic E-state index is 11.1. The van der Waals surface area contributed by atoms with Crippen LogP contribution in [0.1, 0.15) is 70.6 Å². The first-order valence-corrected chi connectivity index (χ1v) is 9.77. The lowest BCUT2D eigenvalue weighted by Crippen LogP contribution is -2.55. The van der Waals surface area contributed by atoms with E-state index in [0.717, 1.165) is 25.1 Å². The zero-order chi connectivity index (χ0) is 18.4. The number of aliphatic carboxylic acids is 1. The standard InChI is InChI=1S/C20H35N3O2/c1-2-3-4-5-6-7-8-9-10-11-12-13-19-22-15-17-23(19,16-14-21)18-20(24)25/h2,15,17H,1,3-14,16,18,21H2. The summed E-state index contributed by atoms with van der Waals surface area (Å²) in [6, 6.07) is 0. The molecule has 0 spiro atoms. The van der Waals surface area contributed by atoms with Crippen LogP contribution in [-0.2, 0) is 4.79 Å². The minimum atomic E-state index is -1.05. The molecule has 1 aliphatic heterocycles. The molecule has 0 saturated heterocycles. The summed E-state index contributed by atoms with van der Waals surface area (Å²) < 4.78 is 0.240. The van der Waals surface area contributed by atoms with Crippen molar-refractivity contribution >= 4 is 11.8 Å². The van der Waals surface area contributed by atoms with E-state index in [2.05, 4.69) is 11.6 Å². The average molecular weight is 350 g/mol. The summed E-state index contributed by atoms with van der Waals surface area (Å²) in [5.41, 5.74) is 5.67. The Hall–Kier alpha value is -1.46. The lowest BCUT2D eigenvalue weighted by Gasteiger charge is -2.32. The number of aliphatic imine (C=N–C) groups is 1. The fourth-order valence-corrected chi connectivity index (χ4v) is 3.43. The summed E-state index contributed by atoms with van der Waals surface area (Å²) in [5.74, 6) is -0.141. The van der Waals surface area contributed by atoms with E-state index in [1.54, 1.807) is 6.20 Å². The summed E-state index contributed by atoms with van der Waals surface area (Å²) in [6.45, 7) is 4.67. The molecule has 0 aromatic heterocycles. The summed E-state index contributed by atoms with van der Waals surface area (Å²) in [5, 5.41) is 11.1. The molecule has 1 unspecified atom stereocenters. The third kappa shape index (κ3) is 8.45. The fourth-order valence-electron chi connectivity index (χ4n) is 3.43. The number of unbranched alkanes of at least 4 members (excludes halogenated alkanes) is 9. The summed E-state index contributed by atoms with van der Waals surface area (Å²) in [4.78, 5) is 15.5. The van der Waals surface area contributed by atoms with E-state index in [4.69, 9.17) is 5.73 Å². The molecule has 1 heterocycles. The van der Waals surface area contributed by atoms with E-state index in [0.29, 0.717) is 13.1 Å². The second kappa shape index (κ2) is 12.8. The zero-order valence-corrected chi connectivity index (χ0v) is 15.6. The first-order chi connectivity index (χ1) is 12.1. The minimum Gasteiger partial charge on any atom is -0.544 e. The van der Waals surface area contributed by atoms with E-state index in [1.807, 2.05) is 12.3 Å². The molecule has 0 aliphatic carbocycles. The van der Waals surface area contributed by atoms with E-state index in [-0.39, 0.29) is 11.0 Å². The number of hydrogen-bond donors (Lipinski definition) is 1. The maximum atomic E-state index is 11.1. The highest BCUT2D eigenvalue weighted by atomic mass is 16.4. The number of carboxylic acids is 1. The van der Waals surface area contributed by atoms with E-state index >= 15 is 0 Å². The molecular formula is C20H35N3O2. The van der Waals surface area contributed by atoms with Gasteiger partial charge in [-0.3, -0.25) is 0 Å². The maximum Gasteiger partial charge on any atom is 0.207 e. The lowest BCUT2D eigenvalue weighted by molar-refractivity contribution is -0.780. The molecule has 142 valence electrons. The predicted molar refractivity (Wildman–Crippen MR) is 102 cm³/mol. The van der Waals surface area contributed by atoms with Crippen molar-refractivity contribution in [1.29, 1.82) is 0 Å². The van der Waals surface area contributed by atoms with Gasteiger partial charge >= 0.3 is 0 Å². The molecule has 1 rings (SSSR count). The van der Waals surface area contributed by atoms with E-state index < -0.39 is 5.97 Å². The summed E-state index contributed by atoms with van der Waals surface area (Å²) in [7, 11) is 0. The number of quaternary nitrogens is 1. The van der Waals surface area contributed by atoms with Crippen molar-refractivity contribution in [3.63, 3.8) is 0 Å². The van der Waals surface area contributed by atoms with Crippen LogP contribution in [0.3, 0.4) is 0 Å². The van der Waals surface area contributed by atoms with Gasteiger partial charge < -0.3 is 15.6 Å². The number of allylic oxidation sites excluding steroid dienone is 1. The van der Waals surface area contributed by atoms with Gasteiger partial charge in [-0.05, 0) is 19.3 Å². The highest BCUT2D eigenvalue weighted by Crippen LogP contribution is 2.21. The Morgan fingerprint density at radius 2 is 1.72 bits per heavy atom. The normalized spacial score (nSPS) is 19.2. The van der Waals surface area contributed by atoms with Gasteiger partial charge in [0.2, 0.25) is 5.84 Å². The van der Waals surface area contributed by atoms with Gasteiger partial charge in [-0.25, -0.2) is 9.48 Å². The van der Waals surface area contributed by atoms with Crippen molar-refractivity contribution in [3.05, 3.63) is 25.1 Å². The fraction of sp³-hybridized carbons (Fsp3) is 0.700. The lowest BCUT2D eigenvalue weighted by atomic mass is 10.1. The van der Waals surface area contributed by atoms with Crippen molar-refractivity contribution in [3.8, 4) is 0 Å². The van der Waals surface area contributed by atoms with Gasteiger partial charge in [0.05, 0.1) is 12.2 Å². The van der Waals surface area contributed by atoms with E-state index in [9.17, 15) is 9.90 Å². The van der Waals surface area contributed by atoms with Crippen LogP contribution in [0.25, 0.3) is 0 Å². The van der Waals surface area contributed by atoms with Gasteiger partial charge in [0.15, 0.2) is 0 Å². The third-order valence-electron chi connectivity index (χ3n) is 4.84. The highest BCUT2D eigenvalue weighted by Gasteiger charge is 2.34. The van der Waals surface area contributed by atoms with Crippen LogP contribution in [0.15, 0.2) is 30.0 Å². The van der Waals surface area contributed by atoms with Crippen LogP contribution in [0, 0.1) is 0 Å². The second-order valence-electron chi connectivity index (χ2n) is 6.93. The highest BCUT2D eigenvalue weighted by molar-refractivity contribution is 5.80. The smallest absolute Gasteiger partial charge is 0.207 e. The topological polar surface area (TPSA) is 78.5 Å². The molecule has 0 saturated carbocycles. The van der Waals surface area contributed by atoms with Crippen molar-refractivity contribution in [1.82, 2.24) is 0 Å². The van der Waals surface area contributed by atoms with Crippen LogP contribution in [0.4, 0.5) is 0 Å². The number of carboxylic acid groups (broad SMARTS) is 1. The average Bonchev–Trinajstić information content (AvgIpc) is 2.94. The molecule has 0 bridgehead atoms. The SMILES string of the molecule is C=CCCCCCCCCCCCC1=NC=C[N+]1(CCN)CC(=O)[O-]. The van der Waals surface area contributed by atoms with Crippen molar-refractivity contribution < 1.29 is 14.4 Å². The van der Waals surface area contributed by atoms with Gasteiger partial charge in [-0.1, -0.05) is 51.0 Å². The van der Waals surface area contributed by atoms with Crippen LogP contribution < -0.4 is 10.8 Å². The number of nitrogens with two attached hydrogens (primary N) is 1. The Labute approximate surface area is 152 Å². The summed E-state index contributed by atoms with van der Waals surface area (Å²) in [6.07, 6.45) is 18.8. The Kier molecular flexibility index (Phi) is 11.1. The quantitative estimate of drug-likeness (QED) is 0.264. The minimum absolute atomic E-state index is 0.0710. The van der Waals surface area contributed by atoms with Crippen LogP contribution >= 0.6 is 0 Å². The number of rotatable bonds is 16. The number of nitrogens with zero attached hydrogens (tertiary/aromatic N) is 2. The van der Waals surface area contributed by atoms with Gasteiger partial charge in [0, 0.05) is 13.0 Å².